The molecule has 0 N–H and O–H groups in total. The lowest BCUT2D eigenvalue weighted by Gasteiger charge is -2.32. The van der Waals surface area contributed by atoms with Crippen LogP contribution in [0.25, 0.3) is 5.57 Å². The minimum absolute atomic E-state index is 0.503. The first-order chi connectivity index (χ1) is 13.8. The van der Waals surface area contributed by atoms with E-state index in [1.165, 1.54) is 80.9 Å². The summed E-state index contributed by atoms with van der Waals surface area (Å²) in [6.45, 7) is 0. The molecule has 1 aromatic carbocycles. The molecule has 0 aliphatic heterocycles. The van der Waals surface area contributed by atoms with Gasteiger partial charge in [0.15, 0.2) is 0 Å². The van der Waals surface area contributed by atoms with Gasteiger partial charge in [-0.1, -0.05) is 99.4 Å². The molecule has 3 aliphatic rings. The largest absolute Gasteiger partial charge is 0.300 e. The summed E-state index contributed by atoms with van der Waals surface area (Å²) in [5.41, 5.74) is 4.41. The Labute approximate surface area is 171 Å². The molecule has 150 valence electrons. The van der Waals surface area contributed by atoms with Crippen molar-refractivity contribution in [2.24, 2.45) is 17.8 Å². The molecular weight excluding hydrogens is 340 g/mol. The second kappa shape index (κ2) is 9.72. The van der Waals surface area contributed by atoms with Crippen molar-refractivity contribution in [3.63, 3.8) is 0 Å². The van der Waals surface area contributed by atoms with Gasteiger partial charge in [-0.15, -0.1) is 0 Å². The van der Waals surface area contributed by atoms with E-state index in [0.29, 0.717) is 17.6 Å². The van der Waals surface area contributed by atoms with Crippen molar-refractivity contribution in [3.05, 3.63) is 53.6 Å². The Morgan fingerprint density at radius 2 is 1.50 bits per heavy atom. The van der Waals surface area contributed by atoms with Crippen LogP contribution in [0.5, 0.6) is 0 Å². The average Bonchev–Trinajstić information content (AvgIpc) is 3.18. The maximum absolute atomic E-state index is 12.7. The standard InChI is InChI=1S/C27H36O/c28-25(20-21-10-4-1-5-11-21)18-16-24-17-19-26(22-12-6-2-7-13-22)27(24)23-14-8-3-9-15-23/h2,6-7,12-13,17,19,21,23,27H,1,3-5,8-11,14-16,18,20H2. The van der Waals surface area contributed by atoms with Gasteiger partial charge in [-0.25, -0.2) is 0 Å². The quantitative estimate of drug-likeness (QED) is 0.481. The molecule has 28 heavy (non-hydrogen) atoms. The first-order valence-electron chi connectivity index (χ1n) is 11.8. The van der Waals surface area contributed by atoms with Crippen LogP contribution in [0.2, 0.25) is 0 Å². The van der Waals surface area contributed by atoms with Crippen molar-refractivity contribution in [2.45, 2.75) is 83.5 Å². The lowest BCUT2D eigenvalue weighted by Crippen LogP contribution is -2.20. The maximum Gasteiger partial charge on any atom is 0.133 e. The zero-order valence-electron chi connectivity index (χ0n) is 17.4. The molecule has 2 saturated carbocycles. The molecule has 0 aromatic heterocycles. The normalized spacial score (nSPS) is 24.1. The summed E-state index contributed by atoms with van der Waals surface area (Å²) >= 11 is 0. The Kier molecular flexibility index (Phi) is 6.83. The predicted octanol–water partition coefficient (Wildman–Crippen LogP) is 7.53. The first-order valence-corrected chi connectivity index (χ1v) is 11.8. The third-order valence-corrected chi connectivity index (χ3v) is 7.37. The Hall–Kier alpha value is -1.63. The Balaban J connectivity index is 1.40. The van der Waals surface area contributed by atoms with Crippen LogP contribution < -0.4 is 0 Å². The minimum atomic E-state index is 0.503. The number of allylic oxidation sites excluding steroid dienone is 4. The van der Waals surface area contributed by atoms with Gasteiger partial charge in [0.2, 0.25) is 0 Å². The fraction of sp³-hybridized carbons (Fsp3) is 0.593. The van der Waals surface area contributed by atoms with Crippen LogP contribution in [-0.2, 0) is 4.79 Å². The van der Waals surface area contributed by atoms with E-state index in [9.17, 15) is 4.79 Å². The number of hydrogen-bond acceptors (Lipinski definition) is 1. The number of hydrogen-bond donors (Lipinski definition) is 0. The highest BCUT2D eigenvalue weighted by atomic mass is 16.1. The van der Waals surface area contributed by atoms with Crippen LogP contribution in [-0.4, -0.2) is 5.78 Å². The van der Waals surface area contributed by atoms with Crippen LogP contribution in [0.4, 0.5) is 0 Å². The number of carbonyl (C=O) groups excluding carboxylic acids is 1. The zero-order valence-corrected chi connectivity index (χ0v) is 17.4. The van der Waals surface area contributed by atoms with Crippen molar-refractivity contribution in [3.8, 4) is 0 Å². The van der Waals surface area contributed by atoms with Gasteiger partial charge in [0.05, 0.1) is 0 Å². The molecule has 4 rings (SSSR count). The fourth-order valence-corrected chi connectivity index (χ4v) is 5.87. The van der Waals surface area contributed by atoms with Crippen molar-refractivity contribution in [2.75, 3.05) is 0 Å². The van der Waals surface area contributed by atoms with Gasteiger partial charge in [-0.2, -0.15) is 0 Å². The molecule has 0 radical (unpaired) electrons. The predicted molar refractivity (Wildman–Crippen MR) is 118 cm³/mol. The van der Waals surface area contributed by atoms with E-state index in [4.69, 9.17) is 0 Å². The van der Waals surface area contributed by atoms with Crippen molar-refractivity contribution >= 4 is 11.4 Å². The monoisotopic (exact) mass is 376 g/mol. The molecule has 2 fully saturated rings. The van der Waals surface area contributed by atoms with E-state index in [2.05, 4.69) is 42.5 Å². The Morgan fingerprint density at radius 3 is 2.21 bits per heavy atom. The molecule has 1 atom stereocenters. The lowest BCUT2D eigenvalue weighted by molar-refractivity contribution is -0.120. The summed E-state index contributed by atoms with van der Waals surface area (Å²) in [7, 11) is 0. The topological polar surface area (TPSA) is 17.1 Å². The first kappa shape index (κ1) is 19.7. The highest BCUT2D eigenvalue weighted by Crippen LogP contribution is 2.46. The molecular formula is C27H36O. The number of benzene rings is 1. The number of rotatable bonds is 7. The molecule has 0 saturated heterocycles. The number of Topliss-reactive ketones (excluding diaryl/α,β-unsaturated/α-hetero) is 1. The summed E-state index contributed by atoms with van der Waals surface area (Å²) < 4.78 is 0. The molecule has 0 heterocycles. The van der Waals surface area contributed by atoms with Crippen LogP contribution >= 0.6 is 0 Å². The van der Waals surface area contributed by atoms with Crippen molar-refractivity contribution in [1.29, 1.82) is 0 Å². The van der Waals surface area contributed by atoms with Crippen LogP contribution in [0.1, 0.15) is 89.0 Å². The van der Waals surface area contributed by atoms with Crippen LogP contribution in [0, 0.1) is 17.8 Å². The summed E-state index contributed by atoms with van der Waals surface area (Å²) in [5, 5.41) is 0. The Bertz CT molecular complexity index is 699. The molecule has 0 bridgehead atoms. The van der Waals surface area contributed by atoms with Gasteiger partial charge in [0, 0.05) is 18.8 Å². The van der Waals surface area contributed by atoms with E-state index in [0.717, 1.165) is 25.2 Å². The summed E-state index contributed by atoms with van der Waals surface area (Å²) in [6.07, 6.45) is 20.7. The van der Waals surface area contributed by atoms with Crippen LogP contribution in [0.3, 0.4) is 0 Å². The van der Waals surface area contributed by atoms with Gasteiger partial charge in [-0.05, 0) is 42.2 Å². The minimum Gasteiger partial charge on any atom is -0.300 e. The smallest absolute Gasteiger partial charge is 0.133 e. The SMILES string of the molecule is O=C(CCC1=CC=C(c2ccccc2)C1C1CCCCC1)CC1CCCCC1. The number of ketones is 1. The van der Waals surface area contributed by atoms with Crippen molar-refractivity contribution < 1.29 is 4.79 Å². The lowest BCUT2D eigenvalue weighted by atomic mass is 9.72. The van der Waals surface area contributed by atoms with Gasteiger partial charge >= 0.3 is 0 Å². The highest BCUT2D eigenvalue weighted by molar-refractivity contribution is 5.80. The highest BCUT2D eigenvalue weighted by Gasteiger charge is 2.32. The second-order valence-electron chi connectivity index (χ2n) is 9.35. The third-order valence-electron chi connectivity index (χ3n) is 7.37. The fourth-order valence-electron chi connectivity index (χ4n) is 5.87. The third kappa shape index (κ3) is 4.85. The molecule has 1 unspecified atom stereocenters. The van der Waals surface area contributed by atoms with E-state index >= 15 is 0 Å². The summed E-state index contributed by atoms with van der Waals surface area (Å²) in [5.74, 6) is 2.49. The number of carbonyl (C=O) groups is 1. The van der Waals surface area contributed by atoms with Gasteiger partial charge in [0.25, 0.3) is 0 Å². The van der Waals surface area contributed by atoms with E-state index in [1.807, 2.05) is 0 Å². The molecule has 0 amide bonds. The molecule has 1 aromatic rings. The van der Waals surface area contributed by atoms with E-state index in [1.54, 1.807) is 0 Å². The van der Waals surface area contributed by atoms with Gasteiger partial charge < -0.3 is 0 Å². The summed E-state index contributed by atoms with van der Waals surface area (Å²) in [4.78, 5) is 12.7. The Morgan fingerprint density at radius 1 is 0.821 bits per heavy atom. The average molecular weight is 377 g/mol. The van der Waals surface area contributed by atoms with E-state index < -0.39 is 0 Å². The molecule has 0 spiro atoms. The molecule has 1 heteroatoms. The van der Waals surface area contributed by atoms with Crippen LogP contribution in [0.15, 0.2) is 48.1 Å². The van der Waals surface area contributed by atoms with Gasteiger partial charge in [-0.3, -0.25) is 4.79 Å². The molecule has 3 aliphatic carbocycles. The maximum atomic E-state index is 12.7. The molecule has 1 nitrogen and oxygen atoms in total. The second-order valence-corrected chi connectivity index (χ2v) is 9.35. The van der Waals surface area contributed by atoms with Gasteiger partial charge in [0.1, 0.15) is 5.78 Å². The van der Waals surface area contributed by atoms with Crippen molar-refractivity contribution in [1.82, 2.24) is 0 Å². The summed E-state index contributed by atoms with van der Waals surface area (Å²) in [6, 6.07) is 10.9. The zero-order chi connectivity index (χ0) is 19.2. The van der Waals surface area contributed by atoms with E-state index in [-0.39, 0.29) is 0 Å².